The van der Waals surface area contributed by atoms with E-state index in [0.717, 1.165) is 6.20 Å². The van der Waals surface area contributed by atoms with E-state index in [1.54, 1.807) is 43.4 Å². The number of carbonyl (C=O) groups excluding carboxylic acids is 1. The minimum Gasteiger partial charge on any atom is -0.497 e. The van der Waals surface area contributed by atoms with Crippen LogP contribution in [0.4, 0.5) is 13.2 Å². The Labute approximate surface area is 259 Å². The van der Waals surface area contributed by atoms with Gasteiger partial charge < -0.3 is 24.2 Å². The predicted molar refractivity (Wildman–Crippen MR) is 161 cm³/mol. The zero-order chi connectivity index (χ0) is 33.1. The van der Waals surface area contributed by atoms with E-state index in [0.29, 0.717) is 33.8 Å². The number of alkyl halides is 3. The number of benzene rings is 1. The molecule has 1 amide bonds. The van der Waals surface area contributed by atoms with Crippen LogP contribution >= 0.6 is 0 Å². The van der Waals surface area contributed by atoms with Crippen molar-refractivity contribution in [1.29, 1.82) is 0 Å². The van der Waals surface area contributed by atoms with Gasteiger partial charge in [0.1, 0.15) is 11.3 Å². The molecule has 4 aromatic rings. The van der Waals surface area contributed by atoms with Gasteiger partial charge in [-0.2, -0.15) is 23.3 Å². The van der Waals surface area contributed by atoms with Crippen LogP contribution in [-0.2, 0) is 6.18 Å². The van der Waals surface area contributed by atoms with Gasteiger partial charge in [0.2, 0.25) is 11.8 Å². The Kier molecular flexibility index (Phi) is 10.2. The molecule has 1 N–H and O–H groups in total. The van der Waals surface area contributed by atoms with Crippen LogP contribution in [0.5, 0.6) is 17.5 Å². The molecule has 0 bridgehead atoms. The number of aliphatic hydroxyl groups excluding tert-OH is 1. The number of ether oxygens (including phenoxy) is 3. The third-order valence-corrected chi connectivity index (χ3v) is 7.65. The monoisotopic (exact) mass is 630 g/mol. The van der Waals surface area contributed by atoms with Crippen LogP contribution in [0.3, 0.4) is 0 Å². The minimum atomic E-state index is -4.77. The normalized spacial score (nSPS) is 12.6. The molecule has 1 aromatic carbocycles. The number of hydrogen-bond acceptors (Lipinski definition) is 9. The number of likely N-dealkylation sites (N-methyl/N-ethyl adjacent to an activating group) is 1. The van der Waals surface area contributed by atoms with Gasteiger partial charge in [0.15, 0.2) is 11.3 Å². The molecule has 0 radical (unpaired) electrons. The second kappa shape index (κ2) is 13.7. The molecule has 3 heterocycles. The summed E-state index contributed by atoms with van der Waals surface area (Å²) in [5.41, 5.74) is -0.267. The van der Waals surface area contributed by atoms with Crippen molar-refractivity contribution in [2.24, 2.45) is 0 Å². The number of hydrogen-bond donors (Lipinski definition) is 1. The van der Waals surface area contributed by atoms with Crippen molar-refractivity contribution in [3.8, 4) is 28.8 Å². The minimum absolute atomic E-state index is 0.0636. The molecule has 0 spiro atoms. The summed E-state index contributed by atoms with van der Waals surface area (Å²) in [6.07, 6.45) is -3.64. The molecular weight excluding hydrogens is 593 g/mol. The van der Waals surface area contributed by atoms with Crippen LogP contribution in [0, 0.1) is 6.92 Å². The van der Waals surface area contributed by atoms with Gasteiger partial charge in [-0.15, -0.1) is 0 Å². The lowest BCUT2D eigenvalue weighted by atomic mass is 10.0. The maximum Gasteiger partial charge on any atom is 0.433 e. The zero-order valence-electron chi connectivity index (χ0n) is 26.2. The van der Waals surface area contributed by atoms with Crippen molar-refractivity contribution in [1.82, 2.24) is 29.4 Å². The fourth-order valence-electron chi connectivity index (χ4n) is 5.20. The molecular formula is C31H37F3N6O5. The first-order chi connectivity index (χ1) is 21.4. The first-order valence-corrected chi connectivity index (χ1v) is 14.2. The van der Waals surface area contributed by atoms with E-state index >= 15 is 0 Å². The highest BCUT2D eigenvalue weighted by Crippen LogP contribution is 2.37. The van der Waals surface area contributed by atoms with Gasteiger partial charge in [-0.3, -0.25) is 9.69 Å². The lowest BCUT2D eigenvalue weighted by molar-refractivity contribution is -0.143. The smallest absolute Gasteiger partial charge is 0.433 e. The highest BCUT2D eigenvalue weighted by atomic mass is 19.4. The Balaban J connectivity index is 1.69. The molecule has 3 aromatic heterocycles. The van der Waals surface area contributed by atoms with Gasteiger partial charge in [0.25, 0.3) is 5.91 Å². The molecule has 14 heteroatoms. The van der Waals surface area contributed by atoms with Gasteiger partial charge >= 0.3 is 6.18 Å². The van der Waals surface area contributed by atoms with Crippen LogP contribution in [0.15, 0.2) is 42.6 Å². The van der Waals surface area contributed by atoms with Crippen molar-refractivity contribution in [2.45, 2.75) is 39.0 Å². The molecule has 242 valence electrons. The number of carbonyl (C=O) groups is 1. The Bertz CT molecular complexity index is 1640. The third kappa shape index (κ3) is 6.81. The van der Waals surface area contributed by atoms with E-state index in [1.807, 2.05) is 18.7 Å². The summed E-state index contributed by atoms with van der Waals surface area (Å²) in [7, 11) is 6.23. The van der Waals surface area contributed by atoms with Crippen molar-refractivity contribution < 1.29 is 37.3 Å². The molecule has 1 atom stereocenters. The summed E-state index contributed by atoms with van der Waals surface area (Å²) in [6, 6.07) is 9.06. The Morgan fingerprint density at radius 2 is 1.69 bits per heavy atom. The number of aliphatic hydroxyl groups is 1. The fourth-order valence-corrected chi connectivity index (χ4v) is 5.20. The Hall–Kier alpha value is -4.43. The number of pyridine rings is 1. The average molecular weight is 631 g/mol. The Morgan fingerprint density at radius 3 is 2.24 bits per heavy atom. The van der Waals surface area contributed by atoms with Crippen LogP contribution in [0.25, 0.3) is 16.9 Å². The predicted octanol–water partition coefficient (Wildman–Crippen LogP) is 4.66. The largest absolute Gasteiger partial charge is 0.497 e. The highest BCUT2D eigenvalue weighted by Gasteiger charge is 2.39. The molecule has 0 aliphatic heterocycles. The van der Waals surface area contributed by atoms with E-state index in [9.17, 15) is 23.1 Å². The van der Waals surface area contributed by atoms with Crippen LogP contribution in [0.1, 0.15) is 47.1 Å². The number of amides is 1. The topological polar surface area (TPSA) is 115 Å². The third-order valence-electron chi connectivity index (χ3n) is 7.65. The van der Waals surface area contributed by atoms with Gasteiger partial charge in [-0.05, 0) is 58.2 Å². The van der Waals surface area contributed by atoms with Crippen LogP contribution < -0.4 is 14.2 Å². The summed E-state index contributed by atoms with van der Waals surface area (Å²) in [6.45, 7) is 5.19. The summed E-state index contributed by atoms with van der Waals surface area (Å²) >= 11 is 0. The van der Waals surface area contributed by atoms with Crippen molar-refractivity contribution in [3.05, 3.63) is 65.0 Å². The quantitative estimate of drug-likeness (QED) is 0.239. The van der Waals surface area contributed by atoms with E-state index in [2.05, 4.69) is 15.1 Å². The van der Waals surface area contributed by atoms with Crippen molar-refractivity contribution >= 4 is 11.6 Å². The molecule has 0 aliphatic rings. The SMILES string of the molecule is COc1ccc(-c2nc3c(C(=O)N(CCN(C)C(CO)c4ccc(OC)nc4OC)C(C)C)cnn3c(C(F)(F)F)c2C)cc1. The lowest BCUT2D eigenvalue weighted by Crippen LogP contribution is -2.43. The van der Waals surface area contributed by atoms with E-state index in [1.165, 1.54) is 33.2 Å². The number of nitrogens with zero attached hydrogens (tertiary/aromatic N) is 6. The first-order valence-electron chi connectivity index (χ1n) is 14.2. The summed E-state index contributed by atoms with van der Waals surface area (Å²) in [5.74, 6) is 0.657. The molecule has 0 aliphatic carbocycles. The number of methoxy groups -OCH3 is 3. The van der Waals surface area contributed by atoms with Gasteiger partial charge in [0, 0.05) is 41.9 Å². The lowest BCUT2D eigenvalue weighted by Gasteiger charge is -2.32. The summed E-state index contributed by atoms with van der Waals surface area (Å²) in [4.78, 5) is 26.2. The number of rotatable bonds is 12. The fraction of sp³-hybridized carbons (Fsp3) is 0.419. The molecule has 1 unspecified atom stereocenters. The van der Waals surface area contributed by atoms with Crippen LogP contribution in [0.2, 0.25) is 0 Å². The van der Waals surface area contributed by atoms with E-state index in [-0.39, 0.29) is 47.5 Å². The standard InChI is InChI=1S/C31H37F3N6O5/c1-18(2)39(15-14-38(4)24(17-41)22-12-13-25(44-6)36-29(22)45-7)30(42)23-16-35-40-27(31(32,33)34)19(3)26(37-28(23)40)20-8-10-21(43-5)11-9-20/h8-13,16,18,24,41H,14-15,17H2,1-7H3. The number of halogens is 3. The second-order valence-electron chi connectivity index (χ2n) is 10.7. The zero-order valence-corrected chi connectivity index (χ0v) is 26.2. The van der Waals surface area contributed by atoms with Gasteiger partial charge in [0.05, 0.1) is 45.9 Å². The van der Waals surface area contributed by atoms with E-state index in [4.69, 9.17) is 14.2 Å². The Morgan fingerprint density at radius 1 is 1.00 bits per heavy atom. The summed E-state index contributed by atoms with van der Waals surface area (Å²) < 4.78 is 59.6. The average Bonchev–Trinajstić information content (AvgIpc) is 3.43. The molecule has 4 rings (SSSR count). The van der Waals surface area contributed by atoms with Crippen molar-refractivity contribution in [3.63, 3.8) is 0 Å². The van der Waals surface area contributed by atoms with Gasteiger partial charge in [-0.25, -0.2) is 9.50 Å². The maximum atomic E-state index is 14.4. The molecule has 45 heavy (non-hydrogen) atoms. The summed E-state index contributed by atoms with van der Waals surface area (Å²) in [5, 5.41) is 14.2. The molecule has 0 saturated carbocycles. The second-order valence-corrected chi connectivity index (χ2v) is 10.7. The first kappa shape index (κ1) is 33.5. The number of fused-ring (bicyclic) bond motifs is 1. The van der Waals surface area contributed by atoms with Crippen molar-refractivity contribution in [2.75, 3.05) is 48.1 Å². The highest BCUT2D eigenvalue weighted by molar-refractivity contribution is 6.00. The molecule has 0 saturated heterocycles. The van der Waals surface area contributed by atoms with Gasteiger partial charge in [-0.1, -0.05) is 0 Å². The number of aromatic nitrogens is 4. The van der Waals surface area contributed by atoms with E-state index < -0.39 is 23.8 Å². The van der Waals surface area contributed by atoms with Crippen LogP contribution in [-0.4, -0.2) is 94.5 Å². The maximum absolute atomic E-state index is 14.4. The molecule has 0 fully saturated rings. The molecule has 11 nitrogen and oxygen atoms in total.